The molecule has 0 saturated carbocycles. The summed E-state index contributed by atoms with van der Waals surface area (Å²) in [6, 6.07) is 3.97. The van der Waals surface area contributed by atoms with E-state index in [1.54, 1.807) is 0 Å². The molecule has 0 spiro atoms. The van der Waals surface area contributed by atoms with Crippen molar-refractivity contribution in [1.29, 1.82) is 0 Å². The van der Waals surface area contributed by atoms with Gasteiger partial charge in [-0.25, -0.2) is 0 Å². The van der Waals surface area contributed by atoms with Crippen LogP contribution in [-0.4, -0.2) is 24.0 Å². The molecule has 1 aromatic heterocycles. The third-order valence-corrected chi connectivity index (χ3v) is 3.57. The highest BCUT2D eigenvalue weighted by molar-refractivity contribution is 5.85. The lowest BCUT2D eigenvalue weighted by Gasteiger charge is -2.32. The Morgan fingerprint density at radius 1 is 1.45 bits per heavy atom. The number of hydrogen-bond donors (Lipinski definition) is 2. The summed E-state index contributed by atoms with van der Waals surface area (Å²) in [6.07, 6.45) is 3.84. The number of amides is 1. The highest BCUT2D eigenvalue weighted by atomic mass is 35.5. The van der Waals surface area contributed by atoms with Gasteiger partial charge in [-0.3, -0.25) is 9.78 Å². The van der Waals surface area contributed by atoms with Gasteiger partial charge < -0.3 is 10.6 Å². The van der Waals surface area contributed by atoms with Crippen molar-refractivity contribution < 1.29 is 4.79 Å². The van der Waals surface area contributed by atoms with Gasteiger partial charge in [0, 0.05) is 25.0 Å². The van der Waals surface area contributed by atoms with Crippen LogP contribution in [0, 0.1) is 12.3 Å². The molecule has 6 heteroatoms. The summed E-state index contributed by atoms with van der Waals surface area (Å²) < 4.78 is 0. The number of pyridine rings is 1. The molecule has 0 bridgehead atoms. The second-order valence-corrected chi connectivity index (χ2v) is 5.33. The third-order valence-electron chi connectivity index (χ3n) is 3.57. The molecule has 0 aromatic carbocycles. The van der Waals surface area contributed by atoms with E-state index in [9.17, 15) is 4.79 Å². The number of piperidine rings is 1. The Morgan fingerprint density at radius 3 is 2.75 bits per heavy atom. The van der Waals surface area contributed by atoms with Crippen LogP contribution in [0.4, 0.5) is 0 Å². The predicted octanol–water partition coefficient (Wildman–Crippen LogP) is 2.24. The number of carbonyl (C=O) groups is 1. The van der Waals surface area contributed by atoms with Gasteiger partial charge in [0.1, 0.15) is 0 Å². The van der Waals surface area contributed by atoms with Crippen LogP contribution in [0.3, 0.4) is 0 Å². The molecule has 1 amide bonds. The van der Waals surface area contributed by atoms with Gasteiger partial charge in [0.05, 0.1) is 5.41 Å². The number of halogens is 2. The minimum absolute atomic E-state index is 0. The minimum atomic E-state index is -0.267. The molecule has 1 aromatic rings. The van der Waals surface area contributed by atoms with E-state index in [0.717, 1.165) is 37.2 Å². The van der Waals surface area contributed by atoms with Gasteiger partial charge in [0.25, 0.3) is 0 Å². The number of nitrogens with zero attached hydrogens (tertiary/aromatic N) is 1. The lowest BCUT2D eigenvalue weighted by atomic mass is 9.82. The Hall–Kier alpha value is -0.840. The maximum Gasteiger partial charge on any atom is 0.227 e. The third kappa shape index (κ3) is 4.93. The predicted molar refractivity (Wildman–Crippen MR) is 85.5 cm³/mol. The van der Waals surface area contributed by atoms with Crippen molar-refractivity contribution in [2.24, 2.45) is 5.41 Å². The van der Waals surface area contributed by atoms with Crippen molar-refractivity contribution in [2.45, 2.75) is 33.2 Å². The maximum atomic E-state index is 12.2. The standard InChI is InChI=1S/C14H21N3O.2ClH/c1-11-4-5-12(8-16-11)9-17-13(18)14(2)6-3-7-15-10-14;;/h4-5,8,15H,3,6-7,9-10H2,1-2H3,(H,17,18);2*1H. The summed E-state index contributed by atoms with van der Waals surface area (Å²) in [5.74, 6) is 0.135. The molecular formula is C14H23Cl2N3O. The number of aromatic nitrogens is 1. The topological polar surface area (TPSA) is 54.0 Å². The van der Waals surface area contributed by atoms with Crippen LogP contribution in [0.5, 0.6) is 0 Å². The summed E-state index contributed by atoms with van der Waals surface area (Å²) in [4.78, 5) is 16.4. The normalized spacial score (nSPS) is 21.3. The van der Waals surface area contributed by atoms with Crippen LogP contribution < -0.4 is 10.6 Å². The molecule has 1 atom stereocenters. The Bertz CT molecular complexity index is 417. The minimum Gasteiger partial charge on any atom is -0.351 e. The molecule has 1 fully saturated rings. The second-order valence-electron chi connectivity index (χ2n) is 5.33. The van der Waals surface area contributed by atoms with E-state index in [1.165, 1.54) is 0 Å². The molecule has 2 N–H and O–H groups in total. The number of nitrogens with one attached hydrogen (secondary N) is 2. The molecule has 1 unspecified atom stereocenters. The van der Waals surface area contributed by atoms with Crippen LogP contribution in [0.25, 0.3) is 0 Å². The van der Waals surface area contributed by atoms with Crippen molar-refractivity contribution in [2.75, 3.05) is 13.1 Å². The van der Waals surface area contributed by atoms with Crippen molar-refractivity contribution in [1.82, 2.24) is 15.6 Å². The van der Waals surface area contributed by atoms with Gasteiger partial charge >= 0.3 is 0 Å². The van der Waals surface area contributed by atoms with Gasteiger partial charge in [-0.15, -0.1) is 24.8 Å². The van der Waals surface area contributed by atoms with E-state index in [-0.39, 0.29) is 36.1 Å². The van der Waals surface area contributed by atoms with Crippen molar-refractivity contribution in [3.63, 3.8) is 0 Å². The van der Waals surface area contributed by atoms with E-state index in [4.69, 9.17) is 0 Å². The monoisotopic (exact) mass is 319 g/mol. The zero-order valence-electron chi connectivity index (χ0n) is 11.9. The van der Waals surface area contributed by atoms with Crippen molar-refractivity contribution in [3.8, 4) is 0 Å². The quantitative estimate of drug-likeness (QED) is 0.898. The van der Waals surface area contributed by atoms with E-state index < -0.39 is 0 Å². The van der Waals surface area contributed by atoms with Crippen LogP contribution in [0.1, 0.15) is 31.0 Å². The molecule has 0 aliphatic carbocycles. The highest BCUT2D eigenvalue weighted by Crippen LogP contribution is 2.25. The first-order valence-corrected chi connectivity index (χ1v) is 6.51. The molecule has 1 aliphatic heterocycles. The van der Waals surface area contributed by atoms with Crippen LogP contribution >= 0.6 is 24.8 Å². The highest BCUT2D eigenvalue weighted by Gasteiger charge is 2.34. The number of hydrogen-bond acceptors (Lipinski definition) is 3. The first kappa shape index (κ1) is 19.2. The average Bonchev–Trinajstić information content (AvgIpc) is 2.38. The molecule has 2 rings (SSSR count). The summed E-state index contributed by atoms with van der Waals surface area (Å²) in [6.45, 7) is 6.33. The van der Waals surface area contributed by atoms with Crippen LogP contribution in [0.15, 0.2) is 18.3 Å². The summed E-state index contributed by atoms with van der Waals surface area (Å²) in [5, 5.41) is 6.30. The van der Waals surface area contributed by atoms with Gasteiger partial charge in [-0.2, -0.15) is 0 Å². The fourth-order valence-electron chi connectivity index (χ4n) is 2.25. The van der Waals surface area contributed by atoms with Gasteiger partial charge in [0.15, 0.2) is 0 Å². The van der Waals surface area contributed by atoms with Crippen molar-refractivity contribution in [3.05, 3.63) is 29.6 Å². The smallest absolute Gasteiger partial charge is 0.227 e. The number of aryl methyl sites for hydroxylation is 1. The van der Waals surface area contributed by atoms with Gasteiger partial charge in [0.2, 0.25) is 5.91 Å². The Kier molecular flexibility index (Phi) is 8.09. The Balaban J connectivity index is 0.00000180. The molecule has 1 aliphatic rings. The Morgan fingerprint density at radius 2 is 2.20 bits per heavy atom. The van der Waals surface area contributed by atoms with Crippen LogP contribution in [-0.2, 0) is 11.3 Å². The summed E-state index contributed by atoms with van der Waals surface area (Å²) >= 11 is 0. The molecule has 114 valence electrons. The molecule has 2 heterocycles. The second kappa shape index (κ2) is 8.45. The lowest BCUT2D eigenvalue weighted by Crippen LogP contribution is -2.48. The number of rotatable bonds is 3. The van der Waals surface area contributed by atoms with Gasteiger partial charge in [-0.1, -0.05) is 6.07 Å². The average molecular weight is 320 g/mol. The zero-order valence-corrected chi connectivity index (χ0v) is 13.6. The number of carbonyl (C=O) groups excluding carboxylic acids is 1. The molecule has 1 saturated heterocycles. The van der Waals surface area contributed by atoms with Gasteiger partial charge in [-0.05, 0) is 44.9 Å². The van der Waals surface area contributed by atoms with Crippen molar-refractivity contribution >= 4 is 30.7 Å². The zero-order chi connectivity index (χ0) is 13.0. The fraction of sp³-hybridized carbons (Fsp3) is 0.571. The molecule has 4 nitrogen and oxygen atoms in total. The Labute approximate surface area is 132 Å². The maximum absolute atomic E-state index is 12.2. The first-order chi connectivity index (χ1) is 8.60. The molecular weight excluding hydrogens is 297 g/mol. The SMILES string of the molecule is Cc1ccc(CNC(=O)C2(C)CCCNC2)cn1.Cl.Cl. The summed E-state index contributed by atoms with van der Waals surface area (Å²) in [7, 11) is 0. The van der Waals surface area contributed by atoms with E-state index in [1.807, 2.05) is 32.2 Å². The van der Waals surface area contributed by atoms with E-state index in [0.29, 0.717) is 6.54 Å². The lowest BCUT2D eigenvalue weighted by molar-refractivity contribution is -0.131. The van der Waals surface area contributed by atoms with E-state index in [2.05, 4.69) is 15.6 Å². The summed E-state index contributed by atoms with van der Waals surface area (Å²) in [5.41, 5.74) is 1.77. The first-order valence-electron chi connectivity index (χ1n) is 6.51. The molecule has 20 heavy (non-hydrogen) atoms. The van der Waals surface area contributed by atoms with Crippen LogP contribution in [0.2, 0.25) is 0 Å². The molecule has 0 radical (unpaired) electrons. The largest absolute Gasteiger partial charge is 0.351 e. The van der Waals surface area contributed by atoms with E-state index >= 15 is 0 Å². The fourth-order valence-corrected chi connectivity index (χ4v) is 2.25.